The minimum absolute atomic E-state index is 0.0585. The molecule has 0 bridgehead atoms. The zero-order chi connectivity index (χ0) is 12.8. The monoisotopic (exact) mass is 241 g/mol. The van der Waals surface area contributed by atoms with Gasteiger partial charge < -0.3 is 5.32 Å². The molecule has 0 spiro atoms. The highest BCUT2D eigenvalue weighted by Crippen LogP contribution is 2.09. The lowest BCUT2D eigenvalue weighted by Gasteiger charge is -2.07. The Morgan fingerprint density at radius 2 is 2.06 bits per heavy atom. The Morgan fingerprint density at radius 3 is 2.71 bits per heavy atom. The van der Waals surface area contributed by atoms with Crippen LogP contribution < -0.4 is 5.32 Å². The molecular weight excluding hydrogens is 224 g/mol. The van der Waals surface area contributed by atoms with Gasteiger partial charge in [0.25, 0.3) is 0 Å². The van der Waals surface area contributed by atoms with Crippen LogP contribution in [0.4, 0.5) is 8.78 Å². The van der Waals surface area contributed by atoms with Gasteiger partial charge in [-0.3, -0.25) is 4.79 Å². The first-order chi connectivity index (χ1) is 7.99. The van der Waals surface area contributed by atoms with Gasteiger partial charge in [0.15, 0.2) is 0 Å². The fourth-order valence-electron chi connectivity index (χ4n) is 1.51. The van der Waals surface area contributed by atoms with Crippen LogP contribution in [0.25, 0.3) is 0 Å². The van der Waals surface area contributed by atoms with E-state index in [-0.39, 0.29) is 11.5 Å². The molecule has 0 aromatic heterocycles. The third-order valence-electron chi connectivity index (χ3n) is 2.32. The van der Waals surface area contributed by atoms with E-state index in [1.165, 1.54) is 0 Å². The molecule has 2 nitrogen and oxygen atoms in total. The number of carbonyl (C=O) groups is 1. The Hall–Kier alpha value is -1.45. The fraction of sp³-hybridized carbons (Fsp3) is 0.462. The number of amides is 1. The maximum absolute atomic E-state index is 13.2. The van der Waals surface area contributed by atoms with Crippen molar-refractivity contribution in [2.45, 2.75) is 26.7 Å². The van der Waals surface area contributed by atoms with Crippen LogP contribution in [0.5, 0.6) is 0 Å². The fourth-order valence-corrected chi connectivity index (χ4v) is 1.51. The summed E-state index contributed by atoms with van der Waals surface area (Å²) in [5.74, 6) is -0.669. The molecule has 94 valence electrons. The summed E-state index contributed by atoms with van der Waals surface area (Å²) in [6, 6.07) is 3.33. The van der Waals surface area contributed by atoms with Crippen molar-refractivity contribution in [2.75, 3.05) is 6.54 Å². The van der Waals surface area contributed by atoms with Gasteiger partial charge in [-0.05, 0) is 36.1 Å². The number of halogens is 2. The second-order valence-corrected chi connectivity index (χ2v) is 4.43. The summed E-state index contributed by atoms with van der Waals surface area (Å²) in [4.78, 5) is 11.3. The van der Waals surface area contributed by atoms with Crippen molar-refractivity contribution in [3.05, 3.63) is 35.4 Å². The summed E-state index contributed by atoms with van der Waals surface area (Å²) in [5.41, 5.74) is 0.287. The number of benzene rings is 1. The summed E-state index contributed by atoms with van der Waals surface area (Å²) in [5, 5.41) is 2.68. The van der Waals surface area contributed by atoms with Crippen LogP contribution in [0.1, 0.15) is 25.8 Å². The van der Waals surface area contributed by atoms with Crippen molar-refractivity contribution in [3.8, 4) is 0 Å². The quantitative estimate of drug-likeness (QED) is 0.843. The summed E-state index contributed by atoms with van der Waals surface area (Å²) in [7, 11) is 0. The van der Waals surface area contributed by atoms with E-state index < -0.39 is 11.6 Å². The molecule has 0 radical (unpaired) electrons. The van der Waals surface area contributed by atoms with Crippen molar-refractivity contribution in [2.24, 2.45) is 5.92 Å². The van der Waals surface area contributed by atoms with E-state index in [2.05, 4.69) is 5.32 Å². The molecule has 0 saturated heterocycles. The van der Waals surface area contributed by atoms with Gasteiger partial charge in [0.05, 0.1) is 0 Å². The molecule has 1 aromatic rings. The van der Waals surface area contributed by atoms with Gasteiger partial charge in [-0.2, -0.15) is 0 Å². The number of hydrogen-bond donors (Lipinski definition) is 1. The van der Waals surface area contributed by atoms with Crippen molar-refractivity contribution in [3.63, 3.8) is 0 Å². The van der Waals surface area contributed by atoms with Gasteiger partial charge >= 0.3 is 0 Å². The highest BCUT2D eigenvalue weighted by atomic mass is 19.1. The standard InChI is InChI=1S/C13H17F2NO/c1-9(2)7-13(17)16-6-5-10-8-11(14)3-4-12(10)15/h3-4,8-9H,5-7H2,1-2H3,(H,16,17). The smallest absolute Gasteiger partial charge is 0.220 e. The lowest BCUT2D eigenvalue weighted by atomic mass is 10.1. The summed E-state index contributed by atoms with van der Waals surface area (Å²) in [6.07, 6.45) is 0.749. The topological polar surface area (TPSA) is 29.1 Å². The lowest BCUT2D eigenvalue weighted by Crippen LogP contribution is -2.26. The number of rotatable bonds is 5. The first-order valence-corrected chi connectivity index (χ1v) is 5.69. The van der Waals surface area contributed by atoms with E-state index in [9.17, 15) is 13.6 Å². The largest absolute Gasteiger partial charge is 0.356 e. The Morgan fingerprint density at radius 1 is 1.35 bits per heavy atom. The molecule has 1 amide bonds. The third kappa shape index (κ3) is 4.93. The van der Waals surface area contributed by atoms with Gasteiger partial charge in [-0.1, -0.05) is 13.8 Å². The minimum atomic E-state index is -0.463. The van der Waals surface area contributed by atoms with Crippen molar-refractivity contribution < 1.29 is 13.6 Å². The first-order valence-electron chi connectivity index (χ1n) is 5.69. The second-order valence-electron chi connectivity index (χ2n) is 4.43. The minimum Gasteiger partial charge on any atom is -0.356 e. The highest BCUT2D eigenvalue weighted by molar-refractivity contribution is 5.76. The molecule has 0 fully saturated rings. The molecular formula is C13H17F2NO. The molecule has 1 N–H and O–H groups in total. The van der Waals surface area contributed by atoms with Crippen LogP contribution in [-0.4, -0.2) is 12.5 Å². The first kappa shape index (κ1) is 13.6. The van der Waals surface area contributed by atoms with Crippen LogP contribution in [0.15, 0.2) is 18.2 Å². The van der Waals surface area contributed by atoms with Crippen LogP contribution >= 0.6 is 0 Å². The summed E-state index contributed by atoms with van der Waals surface area (Å²) >= 11 is 0. The third-order valence-corrected chi connectivity index (χ3v) is 2.32. The molecule has 0 saturated carbocycles. The summed E-state index contributed by atoms with van der Waals surface area (Å²) in [6.45, 7) is 4.23. The Kier molecular flexibility index (Phi) is 5.07. The second kappa shape index (κ2) is 6.33. The van der Waals surface area contributed by atoms with E-state index in [4.69, 9.17) is 0 Å². The van der Waals surface area contributed by atoms with Gasteiger partial charge in [0.2, 0.25) is 5.91 Å². The molecule has 0 aliphatic heterocycles. The van der Waals surface area contributed by atoms with Gasteiger partial charge in [-0.25, -0.2) is 8.78 Å². The highest BCUT2D eigenvalue weighted by Gasteiger charge is 2.06. The van der Waals surface area contributed by atoms with Crippen molar-refractivity contribution in [1.82, 2.24) is 5.32 Å². The molecule has 0 unspecified atom stereocenters. The average Bonchev–Trinajstić information content (AvgIpc) is 2.22. The predicted molar refractivity (Wildman–Crippen MR) is 62.5 cm³/mol. The Bertz CT molecular complexity index is 391. The molecule has 17 heavy (non-hydrogen) atoms. The normalized spacial score (nSPS) is 10.6. The lowest BCUT2D eigenvalue weighted by molar-refractivity contribution is -0.121. The predicted octanol–water partition coefficient (Wildman–Crippen LogP) is 2.67. The molecule has 0 aliphatic carbocycles. The SMILES string of the molecule is CC(C)CC(=O)NCCc1cc(F)ccc1F. The van der Waals surface area contributed by atoms with Crippen LogP contribution in [-0.2, 0) is 11.2 Å². The number of hydrogen-bond acceptors (Lipinski definition) is 1. The summed E-state index contributed by atoms with van der Waals surface area (Å²) < 4.78 is 26.1. The number of nitrogens with one attached hydrogen (secondary N) is 1. The van der Waals surface area contributed by atoms with Gasteiger partial charge in [0.1, 0.15) is 11.6 Å². The van der Waals surface area contributed by atoms with Crippen molar-refractivity contribution in [1.29, 1.82) is 0 Å². The molecule has 1 rings (SSSR count). The molecule has 0 atom stereocenters. The molecule has 0 heterocycles. The van der Waals surface area contributed by atoms with E-state index in [1.807, 2.05) is 13.8 Å². The maximum Gasteiger partial charge on any atom is 0.220 e. The van der Waals surface area contributed by atoms with E-state index in [1.54, 1.807) is 0 Å². The van der Waals surface area contributed by atoms with Gasteiger partial charge in [0, 0.05) is 13.0 Å². The zero-order valence-corrected chi connectivity index (χ0v) is 10.1. The maximum atomic E-state index is 13.2. The number of carbonyl (C=O) groups excluding carboxylic acids is 1. The molecule has 0 aliphatic rings. The van der Waals surface area contributed by atoms with E-state index >= 15 is 0 Å². The van der Waals surface area contributed by atoms with Crippen molar-refractivity contribution >= 4 is 5.91 Å². The zero-order valence-electron chi connectivity index (χ0n) is 10.1. The van der Waals surface area contributed by atoms with Crippen LogP contribution in [0, 0.1) is 17.6 Å². The van der Waals surface area contributed by atoms with Crippen LogP contribution in [0.3, 0.4) is 0 Å². The van der Waals surface area contributed by atoms with E-state index in [0.717, 1.165) is 18.2 Å². The van der Waals surface area contributed by atoms with Crippen LogP contribution in [0.2, 0.25) is 0 Å². The Balaban J connectivity index is 2.40. The van der Waals surface area contributed by atoms with Gasteiger partial charge in [-0.15, -0.1) is 0 Å². The Labute approximate surface area is 100 Å². The van der Waals surface area contributed by atoms with E-state index in [0.29, 0.717) is 25.3 Å². The average molecular weight is 241 g/mol. The molecule has 1 aromatic carbocycles. The molecule has 4 heteroatoms.